The van der Waals surface area contributed by atoms with Crippen LogP contribution < -0.4 is 10.6 Å². The van der Waals surface area contributed by atoms with Gasteiger partial charge in [-0.1, -0.05) is 37.5 Å². The number of amides is 2. The van der Waals surface area contributed by atoms with Gasteiger partial charge in [-0.15, -0.1) is 11.8 Å². The van der Waals surface area contributed by atoms with Crippen LogP contribution in [-0.4, -0.2) is 33.9 Å². The number of carbonyl (C=O) groups excluding carboxylic acids is 2. The molecule has 0 spiro atoms. The van der Waals surface area contributed by atoms with Gasteiger partial charge in [0.25, 0.3) is 5.91 Å². The highest BCUT2D eigenvalue weighted by Gasteiger charge is 2.16. The van der Waals surface area contributed by atoms with Gasteiger partial charge in [0.15, 0.2) is 0 Å². The van der Waals surface area contributed by atoms with Crippen molar-refractivity contribution in [2.45, 2.75) is 43.9 Å². The molecule has 6 nitrogen and oxygen atoms in total. The maximum Gasteiger partial charge on any atom is 0.256 e. The van der Waals surface area contributed by atoms with E-state index >= 15 is 0 Å². The standard InChI is InChI=1S/C26H30N4O2S/c1-19-14-15-28-30(19)22-11-7-10-21(16-22)29-26(32)23-12-5-6-13-24(23)33-18-25(31)27-17-20-8-3-2-4-9-20/h5-7,10-16,20H,2-4,8-9,17-18H2,1H3,(H,27,31)(H,29,32). The molecule has 0 radical (unpaired) electrons. The van der Waals surface area contributed by atoms with Crippen molar-refractivity contribution in [3.05, 3.63) is 72.1 Å². The zero-order chi connectivity index (χ0) is 23.0. The van der Waals surface area contributed by atoms with E-state index in [4.69, 9.17) is 0 Å². The van der Waals surface area contributed by atoms with Gasteiger partial charge in [-0.05, 0) is 62.1 Å². The molecule has 0 atom stereocenters. The predicted octanol–water partition coefficient (Wildman–Crippen LogP) is 5.22. The van der Waals surface area contributed by atoms with Crippen molar-refractivity contribution in [2.24, 2.45) is 5.92 Å². The average Bonchev–Trinajstić information content (AvgIpc) is 3.28. The van der Waals surface area contributed by atoms with Crippen LogP contribution >= 0.6 is 11.8 Å². The van der Waals surface area contributed by atoms with E-state index in [1.165, 1.54) is 43.9 Å². The molecule has 0 aliphatic heterocycles. The quantitative estimate of drug-likeness (QED) is 0.450. The minimum absolute atomic E-state index is 0.0167. The van der Waals surface area contributed by atoms with E-state index in [0.717, 1.165) is 22.8 Å². The van der Waals surface area contributed by atoms with Gasteiger partial charge < -0.3 is 10.6 Å². The summed E-state index contributed by atoms with van der Waals surface area (Å²) in [5.74, 6) is 0.718. The molecule has 1 saturated carbocycles. The number of aromatic nitrogens is 2. The summed E-state index contributed by atoms with van der Waals surface area (Å²) in [7, 11) is 0. The van der Waals surface area contributed by atoms with E-state index < -0.39 is 0 Å². The summed E-state index contributed by atoms with van der Waals surface area (Å²) >= 11 is 1.40. The molecule has 2 N–H and O–H groups in total. The fourth-order valence-electron chi connectivity index (χ4n) is 4.18. The average molecular weight is 463 g/mol. The largest absolute Gasteiger partial charge is 0.355 e. The molecule has 0 bridgehead atoms. The minimum atomic E-state index is -0.199. The molecule has 3 aromatic rings. The highest BCUT2D eigenvalue weighted by molar-refractivity contribution is 8.00. The Hall–Kier alpha value is -3.06. The van der Waals surface area contributed by atoms with Crippen LogP contribution in [0.1, 0.15) is 48.2 Å². The Morgan fingerprint density at radius 2 is 1.88 bits per heavy atom. The summed E-state index contributed by atoms with van der Waals surface area (Å²) in [4.78, 5) is 26.2. The third kappa shape index (κ3) is 6.26. The van der Waals surface area contributed by atoms with Gasteiger partial charge in [0.2, 0.25) is 5.91 Å². The molecular weight excluding hydrogens is 432 g/mol. The van der Waals surface area contributed by atoms with Crippen LogP contribution in [0.2, 0.25) is 0 Å². The first-order chi connectivity index (χ1) is 16.1. The lowest BCUT2D eigenvalue weighted by atomic mass is 9.89. The molecule has 4 rings (SSSR count). The van der Waals surface area contributed by atoms with E-state index in [-0.39, 0.29) is 11.8 Å². The molecule has 33 heavy (non-hydrogen) atoms. The fraction of sp³-hybridized carbons (Fsp3) is 0.346. The zero-order valence-electron chi connectivity index (χ0n) is 18.9. The molecule has 1 fully saturated rings. The molecule has 1 aliphatic carbocycles. The van der Waals surface area contributed by atoms with Gasteiger partial charge in [0, 0.05) is 29.0 Å². The van der Waals surface area contributed by atoms with Crippen molar-refractivity contribution in [2.75, 3.05) is 17.6 Å². The van der Waals surface area contributed by atoms with Crippen LogP contribution in [0.4, 0.5) is 5.69 Å². The zero-order valence-corrected chi connectivity index (χ0v) is 19.7. The number of anilines is 1. The molecule has 7 heteroatoms. The van der Waals surface area contributed by atoms with Gasteiger partial charge >= 0.3 is 0 Å². The van der Waals surface area contributed by atoms with Crippen molar-refractivity contribution in [1.82, 2.24) is 15.1 Å². The number of thioether (sulfide) groups is 1. The monoisotopic (exact) mass is 462 g/mol. The summed E-state index contributed by atoms with van der Waals surface area (Å²) in [5.41, 5.74) is 3.15. The lowest BCUT2D eigenvalue weighted by Crippen LogP contribution is -2.31. The number of aryl methyl sites for hydroxylation is 1. The van der Waals surface area contributed by atoms with Crippen molar-refractivity contribution in [3.8, 4) is 5.69 Å². The first-order valence-electron chi connectivity index (χ1n) is 11.5. The lowest BCUT2D eigenvalue weighted by Gasteiger charge is -2.21. The molecule has 1 aliphatic rings. The van der Waals surface area contributed by atoms with Crippen LogP contribution in [0.3, 0.4) is 0 Å². The van der Waals surface area contributed by atoms with Crippen LogP contribution in [0.25, 0.3) is 5.69 Å². The van der Waals surface area contributed by atoms with Gasteiger partial charge in [0.1, 0.15) is 0 Å². The second-order valence-corrected chi connectivity index (χ2v) is 9.50. The second kappa shape index (κ2) is 11.2. The van der Waals surface area contributed by atoms with Gasteiger partial charge in [-0.2, -0.15) is 5.10 Å². The normalized spacial score (nSPS) is 14.1. The Labute approximate surface area is 199 Å². The van der Waals surface area contributed by atoms with Gasteiger partial charge in [-0.25, -0.2) is 4.68 Å². The number of rotatable bonds is 8. The fourth-order valence-corrected chi connectivity index (χ4v) is 5.06. The van der Waals surface area contributed by atoms with Crippen LogP contribution in [0, 0.1) is 12.8 Å². The number of nitrogens with zero attached hydrogens (tertiary/aromatic N) is 2. The van der Waals surface area contributed by atoms with Crippen molar-refractivity contribution in [3.63, 3.8) is 0 Å². The molecule has 172 valence electrons. The third-order valence-electron chi connectivity index (χ3n) is 5.98. The Morgan fingerprint density at radius 3 is 2.67 bits per heavy atom. The SMILES string of the molecule is Cc1ccnn1-c1cccc(NC(=O)c2ccccc2SCC(=O)NCC2CCCCC2)c1. The molecule has 2 aromatic carbocycles. The smallest absolute Gasteiger partial charge is 0.256 e. The van der Waals surface area contributed by atoms with E-state index in [1.54, 1.807) is 12.3 Å². The molecule has 1 heterocycles. The van der Waals surface area contributed by atoms with Crippen LogP contribution in [0.15, 0.2) is 65.7 Å². The highest BCUT2D eigenvalue weighted by atomic mass is 32.2. The summed E-state index contributed by atoms with van der Waals surface area (Å²) in [5, 5.41) is 10.4. The summed E-state index contributed by atoms with van der Waals surface area (Å²) in [6.45, 7) is 2.74. The first-order valence-corrected chi connectivity index (χ1v) is 12.5. The van der Waals surface area contributed by atoms with Gasteiger partial charge in [0.05, 0.1) is 17.0 Å². The Morgan fingerprint density at radius 1 is 1.06 bits per heavy atom. The molecule has 2 amide bonds. The third-order valence-corrected chi connectivity index (χ3v) is 7.06. The van der Waals surface area contributed by atoms with Crippen LogP contribution in [-0.2, 0) is 4.79 Å². The van der Waals surface area contributed by atoms with E-state index in [0.29, 0.717) is 22.9 Å². The van der Waals surface area contributed by atoms with E-state index in [2.05, 4.69) is 15.7 Å². The Balaban J connectivity index is 1.36. The lowest BCUT2D eigenvalue weighted by molar-refractivity contribution is -0.118. The Bertz CT molecular complexity index is 1100. The number of hydrogen-bond acceptors (Lipinski definition) is 4. The highest BCUT2D eigenvalue weighted by Crippen LogP contribution is 2.25. The number of carbonyl (C=O) groups is 2. The Kier molecular flexibility index (Phi) is 7.83. The summed E-state index contributed by atoms with van der Waals surface area (Å²) < 4.78 is 1.82. The van der Waals surface area contributed by atoms with E-state index in [1.807, 2.05) is 60.1 Å². The first kappa shape index (κ1) is 23.1. The topological polar surface area (TPSA) is 76.0 Å². The minimum Gasteiger partial charge on any atom is -0.355 e. The maximum absolute atomic E-state index is 13.0. The van der Waals surface area contributed by atoms with Crippen LogP contribution in [0.5, 0.6) is 0 Å². The summed E-state index contributed by atoms with van der Waals surface area (Å²) in [6.07, 6.45) is 8.01. The summed E-state index contributed by atoms with van der Waals surface area (Å²) in [6, 6.07) is 16.9. The molecule has 0 unspecified atom stereocenters. The number of benzene rings is 2. The van der Waals surface area contributed by atoms with E-state index in [9.17, 15) is 9.59 Å². The number of nitrogens with one attached hydrogen (secondary N) is 2. The maximum atomic E-state index is 13.0. The predicted molar refractivity (Wildman–Crippen MR) is 133 cm³/mol. The molecular formula is C26H30N4O2S. The molecule has 0 saturated heterocycles. The van der Waals surface area contributed by atoms with Gasteiger partial charge in [-0.3, -0.25) is 9.59 Å². The van der Waals surface area contributed by atoms with Crippen molar-refractivity contribution >= 4 is 29.3 Å². The van der Waals surface area contributed by atoms with Crippen molar-refractivity contribution in [1.29, 1.82) is 0 Å². The van der Waals surface area contributed by atoms with Crippen molar-refractivity contribution < 1.29 is 9.59 Å². The second-order valence-electron chi connectivity index (χ2n) is 8.48. The number of hydrogen-bond donors (Lipinski definition) is 2. The molecule has 1 aromatic heterocycles.